The minimum absolute atomic E-state index is 0.0931. The molecule has 3 fully saturated rings. The van der Waals surface area contributed by atoms with Crippen LogP contribution in [0.4, 0.5) is 14.5 Å². The van der Waals surface area contributed by atoms with Crippen LogP contribution in [0.3, 0.4) is 0 Å². The number of thiazole rings is 1. The molecule has 0 radical (unpaired) electrons. The third-order valence-corrected chi connectivity index (χ3v) is 10.0. The molecule has 1 saturated carbocycles. The first-order chi connectivity index (χ1) is 20.8. The van der Waals surface area contributed by atoms with E-state index in [1.165, 1.54) is 17.4 Å². The van der Waals surface area contributed by atoms with E-state index in [1.807, 2.05) is 44.5 Å². The Hall–Kier alpha value is -2.86. The van der Waals surface area contributed by atoms with Crippen molar-refractivity contribution in [3.05, 3.63) is 57.5 Å². The summed E-state index contributed by atoms with van der Waals surface area (Å²) in [4.78, 5) is 44.1. The molecule has 2 aromatic carbocycles. The molecule has 2 amide bonds. The van der Waals surface area contributed by atoms with Crippen molar-refractivity contribution >= 4 is 68.5 Å². The number of carbonyl (C=O) groups excluding carboxylic acids is 3. The lowest BCUT2D eigenvalue weighted by Gasteiger charge is -2.48. The fourth-order valence-electron chi connectivity index (χ4n) is 5.83. The number of fused-ring (bicyclic) bond motifs is 1. The normalized spacial score (nSPS) is 21.3. The van der Waals surface area contributed by atoms with Crippen LogP contribution in [-0.2, 0) is 20.3 Å². The molecule has 13 heteroatoms. The number of alkyl halides is 2. The first kappa shape index (κ1) is 34.0. The Labute approximate surface area is 270 Å². The second-order valence-electron chi connectivity index (χ2n) is 12.0. The number of anilines is 1. The molecule has 2 unspecified atom stereocenters. The molecule has 1 spiro atoms. The van der Waals surface area contributed by atoms with Crippen LogP contribution in [0, 0.1) is 22.7 Å². The van der Waals surface area contributed by atoms with Gasteiger partial charge in [0.05, 0.1) is 37.4 Å². The van der Waals surface area contributed by atoms with Gasteiger partial charge in [0.1, 0.15) is 6.29 Å². The van der Waals surface area contributed by atoms with E-state index < -0.39 is 29.2 Å². The number of halogens is 4. The summed E-state index contributed by atoms with van der Waals surface area (Å²) >= 11 is 13.1. The molecule has 3 aliphatic rings. The Morgan fingerprint density at radius 3 is 2.34 bits per heavy atom. The van der Waals surface area contributed by atoms with Gasteiger partial charge in [-0.15, -0.1) is 11.3 Å². The van der Waals surface area contributed by atoms with Crippen LogP contribution in [0.2, 0.25) is 10.0 Å². The lowest BCUT2D eigenvalue weighted by molar-refractivity contribution is -0.151. The summed E-state index contributed by atoms with van der Waals surface area (Å²) in [5.74, 6) is -6.21. The molecule has 2 aliphatic heterocycles. The fourth-order valence-corrected chi connectivity index (χ4v) is 6.96. The van der Waals surface area contributed by atoms with Gasteiger partial charge in [-0.25, -0.2) is 4.98 Å². The molecule has 2 atom stereocenters. The van der Waals surface area contributed by atoms with Crippen molar-refractivity contribution in [1.82, 2.24) is 20.7 Å². The number of carbonyl (C=O) groups is 3. The molecular weight excluding hydrogens is 631 g/mol. The first-order valence-electron chi connectivity index (χ1n) is 14.4. The minimum Gasteiger partial charge on any atom is -0.369 e. The van der Waals surface area contributed by atoms with Gasteiger partial charge in [-0.1, -0.05) is 63.0 Å². The summed E-state index contributed by atoms with van der Waals surface area (Å²) in [7, 11) is 1.96. The average Bonchev–Trinajstić information content (AvgIpc) is 3.30. The molecule has 1 aliphatic carbocycles. The number of rotatable bonds is 5. The van der Waals surface area contributed by atoms with Crippen LogP contribution in [-0.4, -0.2) is 61.2 Å². The van der Waals surface area contributed by atoms with Crippen molar-refractivity contribution in [2.75, 3.05) is 38.1 Å². The molecule has 2 N–H and O–H groups in total. The quantitative estimate of drug-likeness (QED) is 0.250. The van der Waals surface area contributed by atoms with Crippen molar-refractivity contribution in [2.45, 2.75) is 40.0 Å². The maximum atomic E-state index is 14.7. The number of amides is 2. The molecule has 8 nitrogen and oxygen atoms in total. The fraction of sp³-hybridized carbons (Fsp3) is 0.484. The van der Waals surface area contributed by atoms with E-state index in [0.29, 0.717) is 37.5 Å². The maximum absolute atomic E-state index is 14.7. The molecule has 3 heterocycles. The number of likely N-dealkylation sites (tertiary alicyclic amines) is 1. The molecule has 44 heavy (non-hydrogen) atoms. The molecule has 2 saturated heterocycles. The Kier molecular flexibility index (Phi) is 10.2. The van der Waals surface area contributed by atoms with Crippen LogP contribution in [0.15, 0.2) is 41.9 Å². The van der Waals surface area contributed by atoms with Crippen LogP contribution >= 0.6 is 34.5 Å². The Morgan fingerprint density at radius 2 is 1.77 bits per heavy atom. The third-order valence-electron chi connectivity index (χ3n) is 8.43. The lowest BCUT2D eigenvalue weighted by atomic mass is 9.71. The van der Waals surface area contributed by atoms with Gasteiger partial charge in [0.25, 0.3) is 0 Å². The molecule has 6 rings (SSSR count). The Morgan fingerprint density at radius 1 is 1.09 bits per heavy atom. The van der Waals surface area contributed by atoms with Crippen LogP contribution in [0.25, 0.3) is 10.2 Å². The van der Waals surface area contributed by atoms with E-state index in [1.54, 1.807) is 5.51 Å². The van der Waals surface area contributed by atoms with Crippen LogP contribution in [0.5, 0.6) is 0 Å². The largest absolute Gasteiger partial charge is 0.369 e. The van der Waals surface area contributed by atoms with Gasteiger partial charge in [0.15, 0.2) is 0 Å². The molecule has 1 aromatic heterocycles. The van der Waals surface area contributed by atoms with Crippen LogP contribution in [0.1, 0.15) is 39.7 Å². The average molecular weight is 669 g/mol. The van der Waals surface area contributed by atoms with Crippen molar-refractivity contribution in [2.24, 2.45) is 22.7 Å². The number of hydrazine groups is 1. The zero-order chi connectivity index (χ0) is 32.4. The summed E-state index contributed by atoms with van der Waals surface area (Å²) < 4.78 is 30.4. The van der Waals surface area contributed by atoms with Crippen molar-refractivity contribution in [1.29, 1.82) is 0 Å². The molecule has 0 bridgehead atoms. The van der Waals surface area contributed by atoms with Gasteiger partial charge >= 0.3 is 11.8 Å². The van der Waals surface area contributed by atoms with E-state index in [0.717, 1.165) is 40.7 Å². The number of hydrogen-bond acceptors (Lipinski definition) is 7. The van der Waals surface area contributed by atoms with Gasteiger partial charge in [0.2, 0.25) is 5.91 Å². The number of hydrogen-bond donors (Lipinski definition) is 2. The third kappa shape index (κ3) is 6.85. The molecular formula is C31H37Cl2F2N5O3S. The van der Waals surface area contributed by atoms with E-state index in [4.69, 9.17) is 23.2 Å². The summed E-state index contributed by atoms with van der Waals surface area (Å²) in [5, 5.41) is -0.00534. The number of aldehydes is 1. The SMILES string of the molecule is CC.CC1(C)CC1C=O.CN1CC2(C1)CN(c1cccc3ncsc13)CC2C(=O)NNC(=O)C(F)(F)c1ccc(Cl)c(Cl)c1. The summed E-state index contributed by atoms with van der Waals surface area (Å²) in [6.07, 6.45) is 2.15. The topological polar surface area (TPSA) is 94.6 Å². The van der Waals surface area contributed by atoms with Crippen molar-refractivity contribution < 1.29 is 23.2 Å². The maximum Gasteiger partial charge on any atom is 0.351 e. The number of nitrogens with one attached hydrogen (secondary N) is 2. The first-order valence-corrected chi connectivity index (χ1v) is 16.1. The number of nitrogens with zero attached hydrogens (tertiary/aromatic N) is 3. The zero-order valence-electron chi connectivity index (χ0n) is 25.3. The molecule has 3 aromatic rings. The van der Waals surface area contributed by atoms with Crippen molar-refractivity contribution in [3.8, 4) is 0 Å². The predicted molar refractivity (Wildman–Crippen MR) is 171 cm³/mol. The summed E-state index contributed by atoms with van der Waals surface area (Å²) in [6, 6.07) is 8.99. The lowest BCUT2D eigenvalue weighted by Crippen LogP contribution is -2.62. The molecule has 238 valence electrons. The van der Waals surface area contributed by atoms with E-state index in [9.17, 15) is 23.2 Å². The van der Waals surface area contributed by atoms with Gasteiger partial charge < -0.3 is 14.6 Å². The summed E-state index contributed by atoms with van der Waals surface area (Å²) in [5.41, 5.74) is 7.18. The smallest absolute Gasteiger partial charge is 0.351 e. The van der Waals surface area contributed by atoms with E-state index in [-0.39, 0.29) is 15.5 Å². The highest BCUT2D eigenvalue weighted by molar-refractivity contribution is 7.17. The predicted octanol–water partition coefficient (Wildman–Crippen LogP) is 6.17. The van der Waals surface area contributed by atoms with Gasteiger partial charge in [0, 0.05) is 43.1 Å². The number of aromatic nitrogens is 1. The Bertz CT molecular complexity index is 1530. The van der Waals surface area contributed by atoms with Gasteiger partial charge in [-0.05, 0) is 43.1 Å². The highest BCUT2D eigenvalue weighted by atomic mass is 35.5. The van der Waals surface area contributed by atoms with Crippen LogP contribution < -0.4 is 15.8 Å². The van der Waals surface area contributed by atoms with Gasteiger partial charge in [-0.2, -0.15) is 8.78 Å². The summed E-state index contributed by atoms with van der Waals surface area (Å²) in [6.45, 7) is 10.6. The van der Waals surface area contributed by atoms with Crippen molar-refractivity contribution in [3.63, 3.8) is 0 Å². The van der Waals surface area contributed by atoms with E-state index >= 15 is 0 Å². The highest BCUT2D eigenvalue weighted by Crippen LogP contribution is 2.50. The number of benzene rings is 2. The van der Waals surface area contributed by atoms with E-state index in [2.05, 4.69) is 34.1 Å². The minimum atomic E-state index is -3.92. The highest BCUT2D eigenvalue weighted by Gasteiger charge is 2.56. The second kappa shape index (κ2) is 13.2. The Balaban J connectivity index is 0.000000427. The monoisotopic (exact) mass is 667 g/mol. The van der Waals surface area contributed by atoms with Gasteiger partial charge in [-0.3, -0.25) is 20.4 Å². The second-order valence-corrected chi connectivity index (χ2v) is 13.7. The zero-order valence-corrected chi connectivity index (χ0v) is 27.6. The standard InChI is InChI=1S/C23H21Cl2F2N5O2S.C6H10O.C2H6/c1-31-9-22(10-31)11-32(18-4-2-3-17-19(18)35-12-28-17)8-14(22)20(33)29-30-21(34)23(26,27)13-5-6-15(24)16(25)7-13;1-6(2)3-5(6)4-7;1-2/h2-7,12,14H,8-11H2,1H3,(H,29,33)(H,30,34);4-5H,3H2,1-2H3;1-2H3.